The Labute approximate surface area is 79.2 Å². The average molecular weight is 199 g/mol. The first-order valence-corrected chi connectivity index (χ1v) is 4.46. The van der Waals surface area contributed by atoms with Crippen molar-refractivity contribution >= 4 is 28.3 Å². The number of rotatable bonds is 1. The van der Waals surface area contributed by atoms with Crippen molar-refractivity contribution in [1.29, 1.82) is 0 Å². The van der Waals surface area contributed by atoms with E-state index in [1.54, 1.807) is 5.38 Å². The number of aryl methyl sites for hydroxylation is 1. The Morgan fingerprint density at radius 2 is 2.15 bits per heavy atom. The van der Waals surface area contributed by atoms with Gasteiger partial charge in [-0.2, -0.15) is 0 Å². The van der Waals surface area contributed by atoms with Crippen LogP contribution in [0.15, 0.2) is 5.38 Å². The highest BCUT2D eigenvalue weighted by atomic mass is 32.1. The molecular weight excluding hydrogens is 190 g/mol. The molecule has 0 aliphatic rings. The molecule has 5 nitrogen and oxygen atoms in total. The number of anilines is 1. The number of aromatic nitrogens is 1. The molecule has 0 saturated heterocycles. The van der Waals surface area contributed by atoms with E-state index in [4.69, 9.17) is 0 Å². The van der Waals surface area contributed by atoms with E-state index in [0.717, 1.165) is 5.69 Å². The van der Waals surface area contributed by atoms with Crippen LogP contribution in [0, 0.1) is 6.92 Å². The highest BCUT2D eigenvalue weighted by Crippen LogP contribution is 2.13. The summed E-state index contributed by atoms with van der Waals surface area (Å²) in [7, 11) is 1.40. The summed E-state index contributed by atoms with van der Waals surface area (Å²) in [6.45, 7) is 1.81. The van der Waals surface area contributed by atoms with Crippen LogP contribution in [0.1, 0.15) is 5.69 Å². The summed E-state index contributed by atoms with van der Waals surface area (Å²) in [5.74, 6) is -1.37. The lowest BCUT2D eigenvalue weighted by Gasteiger charge is -1.98. The Balaban J connectivity index is 2.60. The molecule has 1 heterocycles. The van der Waals surface area contributed by atoms with E-state index in [-0.39, 0.29) is 0 Å². The van der Waals surface area contributed by atoms with Gasteiger partial charge in [0, 0.05) is 12.4 Å². The molecule has 0 aliphatic carbocycles. The van der Waals surface area contributed by atoms with Gasteiger partial charge >= 0.3 is 11.8 Å². The molecule has 0 aromatic carbocycles. The lowest BCUT2D eigenvalue weighted by Crippen LogP contribution is -2.32. The molecule has 13 heavy (non-hydrogen) atoms. The molecule has 0 radical (unpaired) electrons. The Kier molecular flexibility index (Phi) is 2.97. The van der Waals surface area contributed by atoms with Crippen LogP contribution in [-0.2, 0) is 9.59 Å². The predicted molar refractivity (Wildman–Crippen MR) is 49.5 cm³/mol. The van der Waals surface area contributed by atoms with E-state index in [0.29, 0.717) is 5.13 Å². The maximum absolute atomic E-state index is 11.0. The van der Waals surface area contributed by atoms with Gasteiger partial charge in [-0.05, 0) is 6.92 Å². The zero-order chi connectivity index (χ0) is 9.84. The molecule has 2 N–H and O–H groups in total. The third kappa shape index (κ3) is 2.51. The maximum atomic E-state index is 11.0. The van der Waals surface area contributed by atoms with Gasteiger partial charge in [-0.15, -0.1) is 11.3 Å². The average Bonchev–Trinajstić information content (AvgIpc) is 2.49. The summed E-state index contributed by atoms with van der Waals surface area (Å²) < 4.78 is 0. The first-order valence-electron chi connectivity index (χ1n) is 3.58. The largest absolute Gasteiger partial charge is 0.351 e. The summed E-state index contributed by atoms with van der Waals surface area (Å²) in [5, 5.41) is 6.81. The summed E-state index contributed by atoms with van der Waals surface area (Å²) in [6.07, 6.45) is 0. The summed E-state index contributed by atoms with van der Waals surface area (Å²) >= 11 is 1.28. The molecule has 2 amide bonds. The second-order valence-corrected chi connectivity index (χ2v) is 3.19. The van der Waals surface area contributed by atoms with Crippen molar-refractivity contribution in [3.8, 4) is 0 Å². The van der Waals surface area contributed by atoms with E-state index >= 15 is 0 Å². The van der Waals surface area contributed by atoms with Crippen LogP contribution in [0.3, 0.4) is 0 Å². The lowest BCUT2D eigenvalue weighted by atomic mass is 10.5. The van der Waals surface area contributed by atoms with E-state index in [1.165, 1.54) is 18.4 Å². The molecule has 0 aliphatic heterocycles. The van der Waals surface area contributed by atoms with Gasteiger partial charge in [-0.1, -0.05) is 0 Å². The standard InChI is InChI=1S/C7H9N3O2S/c1-4-3-13-7(9-4)10-6(12)5(11)8-2/h3H,1-2H3,(H,8,11)(H,9,10,12). The normalized spacial score (nSPS) is 9.38. The van der Waals surface area contributed by atoms with Gasteiger partial charge in [-0.25, -0.2) is 4.98 Å². The van der Waals surface area contributed by atoms with Crippen LogP contribution in [0.5, 0.6) is 0 Å². The fraction of sp³-hybridized carbons (Fsp3) is 0.286. The molecule has 0 spiro atoms. The summed E-state index contributed by atoms with van der Waals surface area (Å²) in [6, 6.07) is 0. The van der Waals surface area contributed by atoms with E-state index < -0.39 is 11.8 Å². The van der Waals surface area contributed by atoms with Gasteiger partial charge < -0.3 is 5.32 Å². The number of hydrogen-bond donors (Lipinski definition) is 2. The molecule has 0 unspecified atom stereocenters. The number of carbonyl (C=O) groups is 2. The van der Waals surface area contributed by atoms with E-state index in [9.17, 15) is 9.59 Å². The van der Waals surface area contributed by atoms with Crippen LogP contribution in [0.25, 0.3) is 0 Å². The molecule has 0 fully saturated rings. The number of carbonyl (C=O) groups excluding carboxylic acids is 2. The molecule has 6 heteroatoms. The van der Waals surface area contributed by atoms with Crippen LogP contribution in [0.2, 0.25) is 0 Å². The van der Waals surface area contributed by atoms with Crippen LogP contribution in [-0.4, -0.2) is 23.8 Å². The lowest BCUT2D eigenvalue weighted by molar-refractivity contribution is -0.135. The van der Waals surface area contributed by atoms with Crippen molar-refractivity contribution in [3.63, 3.8) is 0 Å². The molecule has 1 aromatic rings. The Morgan fingerprint density at radius 1 is 1.46 bits per heavy atom. The van der Waals surface area contributed by atoms with Gasteiger partial charge in [0.25, 0.3) is 0 Å². The topological polar surface area (TPSA) is 71.1 Å². The number of hydrogen-bond acceptors (Lipinski definition) is 4. The van der Waals surface area contributed by atoms with Gasteiger partial charge in [-0.3, -0.25) is 14.9 Å². The van der Waals surface area contributed by atoms with E-state index in [2.05, 4.69) is 15.6 Å². The quantitative estimate of drug-likeness (QED) is 0.632. The molecule has 70 valence electrons. The molecule has 1 rings (SSSR count). The first kappa shape index (κ1) is 9.66. The fourth-order valence-electron chi connectivity index (χ4n) is 0.679. The van der Waals surface area contributed by atoms with Crippen LogP contribution < -0.4 is 10.6 Å². The van der Waals surface area contributed by atoms with Crippen molar-refractivity contribution in [1.82, 2.24) is 10.3 Å². The number of amides is 2. The van der Waals surface area contributed by atoms with Crippen molar-refractivity contribution in [2.75, 3.05) is 12.4 Å². The van der Waals surface area contributed by atoms with Crippen LogP contribution in [0.4, 0.5) is 5.13 Å². The second kappa shape index (κ2) is 3.99. The highest BCUT2D eigenvalue weighted by molar-refractivity contribution is 7.14. The molecule has 0 atom stereocenters. The zero-order valence-electron chi connectivity index (χ0n) is 7.25. The number of likely N-dealkylation sites (N-methyl/N-ethyl adjacent to an activating group) is 1. The molecular formula is C7H9N3O2S. The van der Waals surface area contributed by atoms with Crippen molar-refractivity contribution in [2.24, 2.45) is 0 Å². The Bertz CT molecular complexity index is 334. The second-order valence-electron chi connectivity index (χ2n) is 2.33. The fourth-order valence-corrected chi connectivity index (χ4v) is 1.36. The number of thiazole rings is 1. The van der Waals surface area contributed by atoms with Crippen molar-refractivity contribution < 1.29 is 9.59 Å². The minimum Gasteiger partial charge on any atom is -0.351 e. The number of nitrogens with zero attached hydrogens (tertiary/aromatic N) is 1. The van der Waals surface area contributed by atoms with Crippen molar-refractivity contribution in [2.45, 2.75) is 6.92 Å². The van der Waals surface area contributed by atoms with Gasteiger partial charge in [0.05, 0.1) is 5.69 Å². The SMILES string of the molecule is CNC(=O)C(=O)Nc1nc(C)cs1. The van der Waals surface area contributed by atoms with Gasteiger partial charge in [0.2, 0.25) is 0 Å². The molecule has 1 aromatic heterocycles. The Morgan fingerprint density at radius 3 is 2.62 bits per heavy atom. The minimum atomic E-state index is -0.697. The summed E-state index contributed by atoms with van der Waals surface area (Å²) in [5.41, 5.74) is 0.817. The monoisotopic (exact) mass is 199 g/mol. The first-order chi connectivity index (χ1) is 6.13. The van der Waals surface area contributed by atoms with E-state index in [1.807, 2.05) is 6.92 Å². The Hall–Kier alpha value is -1.43. The molecule has 0 bridgehead atoms. The summed E-state index contributed by atoms with van der Waals surface area (Å²) in [4.78, 5) is 25.7. The maximum Gasteiger partial charge on any atom is 0.315 e. The smallest absolute Gasteiger partial charge is 0.315 e. The van der Waals surface area contributed by atoms with Gasteiger partial charge in [0.1, 0.15) is 0 Å². The van der Waals surface area contributed by atoms with Crippen molar-refractivity contribution in [3.05, 3.63) is 11.1 Å². The molecule has 0 saturated carbocycles. The minimum absolute atomic E-state index is 0.436. The third-order valence-corrected chi connectivity index (χ3v) is 2.15. The number of nitrogens with one attached hydrogen (secondary N) is 2. The predicted octanol–water partition coefficient (Wildman–Crippen LogP) is 0.136. The van der Waals surface area contributed by atoms with Gasteiger partial charge in [0.15, 0.2) is 5.13 Å². The third-order valence-electron chi connectivity index (χ3n) is 1.27. The highest BCUT2D eigenvalue weighted by Gasteiger charge is 2.12. The zero-order valence-corrected chi connectivity index (χ0v) is 8.07. The van der Waals surface area contributed by atoms with Crippen LogP contribution >= 0.6 is 11.3 Å².